The van der Waals surface area contributed by atoms with Crippen molar-refractivity contribution in [2.24, 2.45) is 5.41 Å². The SMILES string of the molecule is CO[C@@H]1CCC[C@]12CCCN(C(=O)Nc1ccc(F)c(C(F)(F)F)c1)C2. The van der Waals surface area contributed by atoms with E-state index in [0.29, 0.717) is 25.2 Å². The molecule has 2 amide bonds. The molecule has 1 aromatic carbocycles. The van der Waals surface area contributed by atoms with E-state index in [4.69, 9.17) is 4.74 Å². The Balaban J connectivity index is 1.72. The van der Waals surface area contributed by atoms with E-state index in [-0.39, 0.29) is 17.2 Å². The zero-order chi connectivity index (χ0) is 18.9. The fourth-order valence-electron chi connectivity index (χ4n) is 4.30. The molecule has 1 aromatic rings. The van der Waals surface area contributed by atoms with E-state index in [1.165, 1.54) is 0 Å². The van der Waals surface area contributed by atoms with Crippen LogP contribution in [0.25, 0.3) is 0 Å². The highest BCUT2D eigenvalue weighted by molar-refractivity contribution is 5.89. The minimum Gasteiger partial charge on any atom is -0.381 e. The number of carbonyl (C=O) groups excluding carboxylic acids is 1. The van der Waals surface area contributed by atoms with Gasteiger partial charge in [0.25, 0.3) is 0 Å². The highest BCUT2D eigenvalue weighted by atomic mass is 19.4. The number of likely N-dealkylation sites (tertiary alicyclic amines) is 1. The lowest BCUT2D eigenvalue weighted by molar-refractivity contribution is -0.139. The van der Waals surface area contributed by atoms with Crippen LogP contribution in [0.4, 0.5) is 28.0 Å². The molecule has 144 valence electrons. The van der Waals surface area contributed by atoms with E-state index in [0.717, 1.165) is 38.2 Å². The summed E-state index contributed by atoms with van der Waals surface area (Å²) < 4.78 is 57.5. The molecule has 4 nitrogen and oxygen atoms in total. The molecule has 1 N–H and O–H groups in total. The maximum atomic E-state index is 13.4. The monoisotopic (exact) mass is 374 g/mol. The van der Waals surface area contributed by atoms with Gasteiger partial charge < -0.3 is 15.0 Å². The van der Waals surface area contributed by atoms with Crippen molar-refractivity contribution in [3.63, 3.8) is 0 Å². The molecule has 1 aliphatic heterocycles. The number of benzene rings is 1. The van der Waals surface area contributed by atoms with Crippen LogP contribution < -0.4 is 5.32 Å². The van der Waals surface area contributed by atoms with Gasteiger partial charge in [-0.3, -0.25) is 0 Å². The fraction of sp³-hybridized carbons (Fsp3) is 0.611. The first-order valence-corrected chi connectivity index (χ1v) is 8.71. The number of ether oxygens (including phenoxy) is 1. The van der Waals surface area contributed by atoms with Crippen molar-refractivity contribution in [1.82, 2.24) is 4.90 Å². The molecule has 0 radical (unpaired) electrons. The Morgan fingerprint density at radius 1 is 1.31 bits per heavy atom. The van der Waals surface area contributed by atoms with Crippen LogP contribution in [0.5, 0.6) is 0 Å². The molecule has 3 rings (SSSR count). The lowest BCUT2D eigenvalue weighted by atomic mass is 9.76. The molecule has 1 spiro atoms. The highest BCUT2D eigenvalue weighted by Gasteiger charge is 2.46. The van der Waals surface area contributed by atoms with Gasteiger partial charge in [0, 0.05) is 31.3 Å². The standard InChI is InChI=1S/C18H22F4N2O2/c1-26-15-4-2-7-17(15)8-3-9-24(11-17)16(25)23-12-5-6-14(19)13(10-12)18(20,21)22/h5-6,10,15H,2-4,7-9,11H2,1H3,(H,23,25)/t15-,17-/m1/s1. The number of anilines is 1. The number of hydrogen-bond acceptors (Lipinski definition) is 2. The van der Waals surface area contributed by atoms with E-state index in [2.05, 4.69) is 5.32 Å². The second-order valence-electron chi connectivity index (χ2n) is 7.13. The van der Waals surface area contributed by atoms with Crippen molar-refractivity contribution >= 4 is 11.7 Å². The first-order chi connectivity index (χ1) is 12.2. The van der Waals surface area contributed by atoms with Crippen molar-refractivity contribution in [2.45, 2.75) is 44.4 Å². The number of nitrogens with one attached hydrogen (secondary N) is 1. The number of nitrogens with zero attached hydrogens (tertiary/aromatic N) is 1. The summed E-state index contributed by atoms with van der Waals surface area (Å²) in [7, 11) is 1.67. The Labute approximate surface area is 149 Å². The number of alkyl halides is 3. The number of amides is 2. The molecule has 1 heterocycles. The number of piperidine rings is 1. The lowest BCUT2D eigenvalue weighted by Gasteiger charge is -2.43. The van der Waals surface area contributed by atoms with Crippen LogP contribution >= 0.6 is 0 Å². The van der Waals surface area contributed by atoms with Gasteiger partial charge in [0.15, 0.2) is 0 Å². The van der Waals surface area contributed by atoms with Gasteiger partial charge in [-0.05, 0) is 43.9 Å². The second kappa shape index (κ2) is 7.06. The van der Waals surface area contributed by atoms with Gasteiger partial charge in [-0.25, -0.2) is 9.18 Å². The van der Waals surface area contributed by atoms with Gasteiger partial charge in [0.2, 0.25) is 0 Å². The maximum absolute atomic E-state index is 13.4. The summed E-state index contributed by atoms with van der Waals surface area (Å²) in [4.78, 5) is 14.2. The van der Waals surface area contributed by atoms with Crippen LogP contribution in [-0.2, 0) is 10.9 Å². The largest absolute Gasteiger partial charge is 0.419 e. The summed E-state index contributed by atoms with van der Waals surface area (Å²) in [5, 5.41) is 2.47. The van der Waals surface area contributed by atoms with Crippen molar-refractivity contribution in [3.8, 4) is 0 Å². The quantitative estimate of drug-likeness (QED) is 0.765. The van der Waals surface area contributed by atoms with Gasteiger partial charge in [-0.1, -0.05) is 6.42 Å². The average Bonchev–Trinajstić information content (AvgIpc) is 2.97. The minimum atomic E-state index is -4.81. The molecule has 1 saturated carbocycles. The van der Waals surface area contributed by atoms with Gasteiger partial charge in [0.1, 0.15) is 5.82 Å². The average molecular weight is 374 g/mol. The van der Waals surface area contributed by atoms with Crippen molar-refractivity contribution in [3.05, 3.63) is 29.6 Å². The molecule has 1 saturated heterocycles. The topological polar surface area (TPSA) is 41.6 Å². The third-order valence-corrected chi connectivity index (χ3v) is 5.53. The Hall–Kier alpha value is -1.83. The first kappa shape index (κ1) is 18.9. The molecule has 0 aromatic heterocycles. The predicted molar refractivity (Wildman–Crippen MR) is 88.3 cm³/mol. The van der Waals surface area contributed by atoms with E-state index >= 15 is 0 Å². The molecule has 0 bridgehead atoms. The molecule has 0 unspecified atom stereocenters. The summed E-state index contributed by atoms with van der Waals surface area (Å²) >= 11 is 0. The lowest BCUT2D eigenvalue weighted by Crippen LogP contribution is -2.51. The number of rotatable bonds is 2. The van der Waals surface area contributed by atoms with Gasteiger partial charge >= 0.3 is 12.2 Å². The molecular weight excluding hydrogens is 352 g/mol. The molecule has 2 atom stereocenters. The summed E-state index contributed by atoms with van der Waals surface area (Å²) in [6, 6.07) is 2.01. The van der Waals surface area contributed by atoms with E-state index < -0.39 is 23.6 Å². The first-order valence-electron chi connectivity index (χ1n) is 8.71. The summed E-state index contributed by atoms with van der Waals surface area (Å²) in [5.74, 6) is -1.36. The molecule has 2 aliphatic rings. The Kier molecular flexibility index (Phi) is 5.14. The van der Waals surface area contributed by atoms with Gasteiger partial charge in [0.05, 0.1) is 11.7 Å². The third kappa shape index (κ3) is 3.65. The van der Waals surface area contributed by atoms with Crippen molar-refractivity contribution in [1.29, 1.82) is 0 Å². The maximum Gasteiger partial charge on any atom is 0.419 e. The van der Waals surface area contributed by atoms with Gasteiger partial charge in [-0.2, -0.15) is 13.2 Å². The smallest absolute Gasteiger partial charge is 0.381 e. The number of halogens is 4. The third-order valence-electron chi connectivity index (χ3n) is 5.53. The molecule has 26 heavy (non-hydrogen) atoms. The van der Waals surface area contributed by atoms with Crippen LogP contribution in [-0.4, -0.2) is 37.2 Å². The van der Waals surface area contributed by atoms with Crippen molar-refractivity contribution < 1.29 is 27.1 Å². The number of methoxy groups -OCH3 is 1. The van der Waals surface area contributed by atoms with Gasteiger partial charge in [-0.15, -0.1) is 0 Å². The Bertz CT molecular complexity index is 680. The summed E-state index contributed by atoms with van der Waals surface area (Å²) in [6.45, 7) is 1.06. The molecular formula is C18H22F4N2O2. The van der Waals surface area contributed by atoms with E-state index in [9.17, 15) is 22.4 Å². The van der Waals surface area contributed by atoms with Crippen molar-refractivity contribution in [2.75, 3.05) is 25.5 Å². The predicted octanol–water partition coefficient (Wildman–Crippen LogP) is 4.66. The van der Waals surface area contributed by atoms with Crippen LogP contribution in [0, 0.1) is 11.2 Å². The zero-order valence-electron chi connectivity index (χ0n) is 14.5. The minimum absolute atomic E-state index is 0.0712. The fourth-order valence-corrected chi connectivity index (χ4v) is 4.30. The summed E-state index contributed by atoms with van der Waals surface area (Å²) in [6.07, 6.45) is 0.0641. The zero-order valence-corrected chi connectivity index (χ0v) is 14.5. The Morgan fingerprint density at radius 2 is 2.04 bits per heavy atom. The number of hydrogen-bond donors (Lipinski definition) is 1. The number of carbonyl (C=O) groups is 1. The molecule has 1 aliphatic carbocycles. The summed E-state index contributed by atoms with van der Waals surface area (Å²) in [5.41, 5.74) is -1.54. The Morgan fingerprint density at radius 3 is 2.73 bits per heavy atom. The molecule has 8 heteroatoms. The van der Waals surface area contributed by atoms with Crippen LogP contribution in [0.3, 0.4) is 0 Å². The van der Waals surface area contributed by atoms with Crippen LogP contribution in [0.2, 0.25) is 0 Å². The van der Waals surface area contributed by atoms with Crippen LogP contribution in [0.1, 0.15) is 37.7 Å². The highest BCUT2D eigenvalue weighted by Crippen LogP contribution is 2.46. The van der Waals surface area contributed by atoms with E-state index in [1.807, 2.05) is 0 Å². The van der Waals surface area contributed by atoms with Crippen LogP contribution in [0.15, 0.2) is 18.2 Å². The number of urea groups is 1. The molecule has 2 fully saturated rings. The van der Waals surface area contributed by atoms with E-state index in [1.54, 1.807) is 12.0 Å². The second-order valence-corrected chi connectivity index (χ2v) is 7.13. The normalized spacial score (nSPS) is 26.3.